The number of nitrogens with zero attached hydrogens (tertiary/aromatic N) is 2. The van der Waals surface area contributed by atoms with Crippen molar-refractivity contribution in [3.05, 3.63) is 47.3 Å². The van der Waals surface area contributed by atoms with Crippen LogP contribution in [0, 0.1) is 0 Å². The normalized spacial score (nSPS) is 22.6. The second kappa shape index (κ2) is 6.25. The van der Waals surface area contributed by atoms with E-state index < -0.39 is 12.0 Å². The van der Waals surface area contributed by atoms with Crippen LogP contribution in [0.2, 0.25) is 0 Å². The molecule has 0 bridgehead atoms. The number of carboxylic acid groups (broad SMARTS) is 1. The lowest BCUT2D eigenvalue weighted by molar-refractivity contribution is -0.147. The second-order valence-corrected chi connectivity index (χ2v) is 7.85. The largest absolute Gasteiger partial charge is 0.477 e. The molecule has 1 aromatic carbocycles. The van der Waals surface area contributed by atoms with Crippen molar-refractivity contribution in [2.45, 2.75) is 16.3 Å². The number of H-pyrrole nitrogens is 1. The summed E-state index contributed by atoms with van der Waals surface area (Å²) in [6.07, 6.45) is 3.44. The third kappa shape index (κ3) is 2.74. The molecule has 128 valence electrons. The number of hydrogen-bond donors (Lipinski definition) is 3. The van der Waals surface area contributed by atoms with Crippen LogP contribution in [0.25, 0.3) is 11.4 Å². The average Bonchev–Trinajstić information content (AvgIpc) is 3.15. The Morgan fingerprint density at radius 1 is 1.40 bits per heavy atom. The third-order valence-corrected chi connectivity index (χ3v) is 6.62. The summed E-state index contributed by atoms with van der Waals surface area (Å²) in [5.41, 5.74) is 6.76. The first kappa shape index (κ1) is 16.2. The summed E-state index contributed by atoms with van der Waals surface area (Å²) < 4.78 is 0. The fourth-order valence-electron chi connectivity index (χ4n) is 2.81. The smallest absolute Gasteiger partial charge is 0.353 e. The zero-order chi connectivity index (χ0) is 17.6. The number of carbonyl (C=O) groups excluding carboxylic acids is 1. The lowest BCUT2D eigenvalue weighted by Gasteiger charge is -2.47. The molecule has 0 unspecified atom stereocenters. The van der Waals surface area contributed by atoms with Gasteiger partial charge >= 0.3 is 5.97 Å². The van der Waals surface area contributed by atoms with Crippen molar-refractivity contribution in [1.82, 2.24) is 14.9 Å². The van der Waals surface area contributed by atoms with E-state index in [2.05, 4.69) is 9.97 Å². The van der Waals surface area contributed by atoms with Crippen LogP contribution in [0.4, 0.5) is 0 Å². The lowest BCUT2D eigenvalue weighted by Crippen LogP contribution is -2.68. The molecule has 4 N–H and O–H groups in total. The Balaban J connectivity index is 1.60. The molecule has 2 aliphatic rings. The molecule has 1 aromatic heterocycles. The quantitative estimate of drug-likeness (QED) is 0.698. The van der Waals surface area contributed by atoms with Crippen molar-refractivity contribution < 1.29 is 14.7 Å². The Morgan fingerprint density at radius 2 is 2.16 bits per heavy atom. The number of amides is 1. The van der Waals surface area contributed by atoms with Gasteiger partial charge in [0.2, 0.25) is 5.91 Å². The van der Waals surface area contributed by atoms with Crippen LogP contribution in [0.3, 0.4) is 0 Å². The number of hydrogen-bond acceptors (Lipinski definition) is 6. The number of aromatic nitrogens is 2. The minimum atomic E-state index is -1.10. The molecule has 2 aromatic rings. The van der Waals surface area contributed by atoms with Gasteiger partial charge in [0.25, 0.3) is 0 Å². The number of thioether (sulfide) groups is 2. The van der Waals surface area contributed by atoms with Crippen LogP contribution in [-0.4, -0.2) is 49.0 Å². The maximum atomic E-state index is 12.0. The summed E-state index contributed by atoms with van der Waals surface area (Å²) in [4.78, 5) is 33.7. The molecule has 1 saturated heterocycles. The number of aromatic amines is 1. The second-order valence-electron chi connectivity index (χ2n) is 5.58. The van der Waals surface area contributed by atoms with Gasteiger partial charge in [0.15, 0.2) is 0 Å². The van der Waals surface area contributed by atoms with Crippen LogP contribution < -0.4 is 5.73 Å². The fourth-order valence-corrected chi connectivity index (χ4v) is 5.23. The Hall–Kier alpha value is -2.23. The van der Waals surface area contributed by atoms with Crippen molar-refractivity contribution in [2.24, 2.45) is 5.73 Å². The zero-order valence-electron chi connectivity index (χ0n) is 12.9. The predicted octanol–water partition coefficient (Wildman–Crippen LogP) is 1.71. The number of fused-ring (bicyclic) bond motifs is 1. The van der Waals surface area contributed by atoms with Gasteiger partial charge in [-0.05, 0) is 12.1 Å². The van der Waals surface area contributed by atoms with Crippen molar-refractivity contribution in [2.75, 3.05) is 5.75 Å². The summed E-state index contributed by atoms with van der Waals surface area (Å²) in [5.74, 6) is -0.131. The summed E-state index contributed by atoms with van der Waals surface area (Å²) in [5, 5.41) is 9.28. The minimum absolute atomic E-state index is 0.0514. The van der Waals surface area contributed by atoms with Crippen LogP contribution in [0.15, 0.2) is 52.2 Å². The molecule has 0 saturated carbocycles. The summed E-state index contributed by atoms with van der Waals surface area (Å²) in [7, 11) is 0. The van der Waals surface area contributed by atoms with Gasteiger partial charge in [-0.15, -0.1) is 11.8 Å². The standard InChI is InChI=1S/C16H14N4O3S2/c17-11-14(21)20-12(16(22)23)10(7-24-15(11)20)25-9-3-1-8(2-4-9)13-18-5-6-19-13/h1-6,11,15H,7,17H2,(H,18,19)(H,22,23)/t11-,15-/m1/s1. The molecular weight excluding hydrogens is 360 g/mol. The summed E-state index contributed by atoms with van der Waals surface area (Å²) in [6.45, 7) is 0. The van der Waals surface area contributed by atoms with Crippen LogP contribution in [0.1, 0.15) is 0 Å². The maximum absolute atomic E-state index is 12.0. The van der Waals surface area contributed by atoms with Crippen LogP contribution in [-0.2, 0) is 9.59 Å². The first-order valence-corrected chi connectivity index (χ1v) is 9.37. The fraction of sp³-hybridized carbons (Fsp3) is 0.188. The Labute approximate surface area is 151 Å². The topological polar surface area (TPSA) is 112 Å². The van der Waals surface area contributed by atoms with Gasteiger partial charge in [-0.1, -0.05) is 23.9 Å². The molecule has 1 amide bonds. The van der Waals surface area contributed by atoms with E-state index in [9.17, 15) is 14.7 Å². The highest BCUT2D eigenvalue weighted by molar-refractivity contribution is 8.06. The van der Waals surface area contributed by atoms with Crippen LogP contribution in [0.5, 0.6) is 0 Å². The predicted molar refractivity (Wildman–Crippen MR) is 95.6 cm³/mol. The van der Waals surface area contributed by atoms with Crippen molar-refractivity contribution in [1.29, 1.82) is 0 Å². The van der Waals surface area contributed by atoms with Crippen molar-refractivity contribution >= 4 is 35.4 Å². The van der Waals surface area contributed by atoms with Gasteiger partial charge < -0.3 is 15.8 Å². The average molecular weight is 374 g/mol. The first-order valence-electron chi connectivity index (χ1n) is 7.50. The van der Waals surface area contributed by atoms with E-state index >= 15 is 0 Å². The molecule has 0 spiro atoms. The Kier molecular flexibility index (Phi) is 4.06. The summed E-state index contributed by atoms with van der Waals surface area (Å²) >= 11 is 2.86. The van der Waals surface area contributed by atoms with Gasteiger partial charge in [-0.3, -0.25) is 9.69 Å². The lowest BCUT2D eigenvalue weighted by atomic mass is 10.1. The highest BCUT2D eigenvalue weighted by atomic mass is 32.2. The SMILES string of the molecule is N[C@@H]1C(=O)N2C(C(=O)O)=C(Sc3ccc(-c4ncc[nH]4)cc3)CS[C@H]12. The number of carboxylic acids is 1. The molecule has 3 heterocycles. The maximum Gasteiger partial charge on any atom is 0.353 e. The van der Waals surface area contributed by atoms with Crippen LogP contribution >= 0.6 is 23.5 Å². The number of imidazole rings is 1. The molecule has 0 radical (unpaired) electrons. The minimum Gasteiger partial charge on any atom is -0.477 e. The molecule has 9 heteroatoms. The Bertz CT molecular complexity index is 864. The van der Waals surface area contributed by atoms with Gasteiger partial charge in [0, 0.05) is 33.5 Å². The van der Waals surface area contributed by atoms with Gasteiger partial charge in [-0.2, -0.15) is 0 Å². The van der Waals surface area contributed by atoms with E-state index in [0.29, 0.717) is 10.7 Å². The number of rotatable bonds is 4. The highest BCUT2D eigenvalue weighted by Gasteiger charge is 2.51. The monoisotopic (exact) mass is 374 g/mol. The van der Waals surface area contributed by atoms with E-state index in [0.717, 1.165) is 16.3 Å². The first-order chi connectivity index (χ1) is 12.1. The zero-order valence-corrected chi connectivity index (χ0v) is 14.5. The van der Waals surface area contributed by atoms with E-state index in [1.54, 1.807) is 12.4 Å². The van der Waals surface area contributed by atoms with Crippen molar-refractivity contribution in [3.63, 3.8) is 0 Å². The molecular formula is C16H14N4O3S2. The number of β-lactam (4-membered cyclic amide) rings is 1. The Morgan fingerprint density at radius 3 is 2.80 bits per heavy atom. The van der Waals surface area contributed by atoms with E-state index in [1.165, 1.54) is 28.4 Å². The number of aliphatic carboxylic acids is 1. The number of nitrogens with one attached hydrogen (secondary N) is 1. The number of carbonyl (C=O) groups is 2. The van der Waals surface area contributed by atoms with E-state index in [-0.39, 0.29) is 17.0 Å². The molecule has 1 fully saturated rings. The molecule has 2 atom stereocenters. The molecule has 7 nitrogen and oxygen atoms in total. The van der Waals surface area contributed by atoms with Gasteiger partial charge in [-0.25, -0.2) is 9.78 Å². The number of benzene rings is 1. The van der Waals surface area contributed by atoms with E-state index in [4.69, 9.17) is 5.73 Å². The highest BCUT2D eigenvalue weighted by Crippen LogP contribution is 2.44. The van der Waals surface area contributed by atoms with Gasteiger partial charge in [0.1, 0.15) is 22.9 Å². The molecule has 0 aliphatic carbocycles. The number of nitrogens with two attached hydrogens (primary N) is 1. The van der Waals surface area contributed by atoms with Crippen molar-refractivity contribution in [3.8, 4) is 11.4 Å². The molecule has 25 heavy (non-hydrogen) atoms. The third-order valence-electron chi connectivity index (χ3n) is 4.04. The molecule has 2 aliphatic heterocycles. The molecule has 4 rings (SSSR count). The summed E-state index contributed by atoms with van der Waals surface area (Å²) in [6, 6.07) is 7.06. The van der Waals surface area contributed by atoms with E-state index in [1.807, 2.05) is 24.3 Å². The van der Waals surface area contributed by atoms with Gasteiger partial charge in [0.05, 0.1) is 0 Å².